The van der Waals surface area contributed by atoms with Gasteiger partial charge in [-0.1, -0.05) is 49.3 Å². The van der Waals surface area contributed by atoms with Crippen LogP contribution in [0.1, 0.15) is 32.3 Å². The van der Waals surface area contributed by atoms with E-state index < -0.39 is 0 Å². The van der Waals surface area contributed by atoms with Crippen molar-refractivity contribution in [3.63, 3.8) is 0 Å². The monoisotopic (exact) mass is 307 g/mol. The first-order valence-electron chi connectivity index (χ1n) is 6.64. The van der Waals surface area contributed by atoms with Crippen LogP contribution >= 0.6 is 23.4 Å². The Morgan fingerprint density at radius 3 is 2.65 bits per heavy atom. The normalized spacial score (nSPS) is 10.8. The molecule has 3 nitrogen and oxygen atoms in total. The third-order valence-electron chi connectivity index (χ3n) is 2.81. The van der Waals surface area contributed by atoms with Crippen molar-refractivity contribution in [3.8, 4) is 0 Å². The van der Waals surface area contributed by atoms with Gasteiger partial charge in [0.15, 0.2) is 0 Å². The molecular weight excluding hydrogens is 290 g/mol. The van der Waals surface area contributed by atoms with Gasteiger partial charge < -0.3 is 5.32 Å². The summed E-state index contributed by atoms with van der Waals surface area (Å²) in [6.45, 7) is 7.20. The lowest BCUT2D eigenvalue weighted by molar-refractivity contribution is 0.803. The number of hydrogen-bond acceptors (Lipinski definition) is 4. The van der Waals surface area contributed by atoms with E-state index in [1.54, 1.807) is 18.1 Å². The highest BCUT2D eigenvalue weighted by Gasteiger charge is 2.16. The van der Waals surface area contributed by atoms with Crippen molar-refractivity contribution in [2.75, 3.05) is 11.9 Å². The van der Waals surface area contributed by atoms with E-state index in [4.69, 9.17) is 11.6 Å². The van der Waals surface area contributed by atoms with E-state index in [9.17, 15) is 0 Å². The number of hydrogen-bond donors (Lipinski definition) is 1. The van der Waals surface area contributed by atoms with Crippen LogP contribution in [0.3, 0.4) is 0 Å². The van der Waals surface area contributed by atoms with Crippen molar-refractivity contribution in [2.45, 2.75) is 36.6 Å². The quantitative estimate of drug-likeness (QED) is 0.802. The molecule has 1 heterocycles. The zero-order valence-electron chi connectivity index (χ0n) is 11.9. The molecule has 0 saturated heterocycles. The summed E-state index contributed by atoms with van der Waals surface area (Å²) in [5.41, 5.74) is 1.14. The summed E-state index contributed by atoms with van der Waals surface area (Å²) in [6, 6.07) is 7.81. The minimum atomic E-state index is 0.343. The highest BCUT2D eigenvalue weighted by Crippen LogP contribution is 2.38. The van der Waals surface area contributed by atoms with Crippen molar-refractivity contribution in [1.29, 1.82) is 0 Å². The molecule has 0 aliphatic rings. The second kappa shape index (κ2) is 6.95. The average Bonchev–Trinajstić information content (AvgIpc) is 2.41. The lowest BCUT2D eigenvalue weighted by Crippen LogP contribution is -2.07. The zero-order chi connectivity index (χ0) is 14.5. The molecule has 1 aromatic heterocycles. The Morgan fingerprint density at radius 2 is 2.00 bits per heavy atom. The molecule has 5 heteroatoms. The molecule has 0 spiro atoms. The first-order valence-corrected chi connectivity index (χ1v) is 7.84. The smallest absolute Gasteiger partial charge is 0.133 e. The first kappa shape index (κ1) is 15.1. The summed E-state index contributed by atoms with van der Waals surface area (Å²) in [5.74, 6) is 1.25. The van der Waals surface area contributed by atoms with Crippen LogP contribution < -0.4 is 5.32 Å². The van der Waals surface area contributed by atoms with E-state index in [0.29, 0.717) is 5.92 Å². The Bertz CT molecular complexity index is 587. The van der Waals surface area contributed by atoms with Gasteiger partial charge in [-0.05, 0) is 25.0 Å². The predicted octanol–water partition coefficient (Wildman–Crippen LogP) is 4.84. The van der Waals surface area contributed by atoms with Crippen molar-refractivity contribution in [3.05, 3.63) is 41.2 Å². The lowest BCUT2D eigenvalue weighted by Gasteiger charge is -2.16. The van der Waals surface area contributed by atoms with Crippen LogP contribution in [0.2, 0.25) is 5.02 Å². The number of nitrogens with one attached hydrogen (secondary N) is 1. The Morgan fingerprint density at radius 1 is 1.25 bits per heavy atom. The second-order valence-corrected chi connectivity index (χ2v) is 6.10. The number of aromatic nitrogens is 2. The molecule has 1 N–H and O–H groups in total. The zero-order valence-corrected chi connectivity index (χ0v) is 13.4. The number of rotatable bonds is 5. The van der Waals surface area contributed by atoms with Crippen molar-refractivity contribution < 1.29 is 0 Å². The minimum Gasteiger partial charge on any atom is -0.370 e. The number of nitrogens with zero attached hydrogens (tertiary/aromatic N) is 2. The maximum absolute atomic E-state index is 6.23. The van der Waals surface area contributed by atoms with Crippen LogP contribution in [0, 0.1) is 0 Å². The molecule has 0 amide bonds. The standard InChI is InChI=1S/C15H18ClN3S/c1-4-17-14-13(10(2)3)15(19-9-18-14)20-12-8-6-5-7-11(12)16/h5-10H,4H2,1-3H3,(H,17,18,19). The maximum atomic E-state index is 6.23. The van der Waals surface area contributed by atoms with Gasteiger partial charge in [0.05, 0.1) is 5.02 Å². The second-order valence-electron chi connectivity index (χ2n) is 4.66. The van der Waals surface area contributed by atoms with Crippen LogP contribution in [0.4, 0.5) is 5.82 Å². The van der Waals surface area contributed by atoms with Crippen molar-refractivity contribution >= 4 is 29.2 Å². The molecule has 1 aromatic carbocycles. The van der Waals surface area contributed by atoms with Gasteiger partial charge in [0.1, 0.15) is 17.2 Å². The number of halogens is 1. The molecule has 0 saturated carbocycles. The topological polar surface area (TPSA) is 37.8 Å². The molecule has 0 radical (unpaired) electrons. The highest BCUT2D eigenvalue weighted by molar-refractivity contribution is 7.99. The van der Waals surface area contributed by atoms with E-state index in [-0.39, 0.29) is 0 Å². The van der Waals surface area contributed by atoms with Gasteiger partial charge in [-0.2, -0.15) is 0 Å². The predicted molar refractivity (Wildman–Crippen MR) is 85.9 cm³/mol. The fraction of sp³-hybridized carbons (Fsp3) is 0.333. The first-order chi connectivity index (χ1) is 9.63. The fourth-order valence-electron chi connectivity index (χ4n) is 1.92. The van der Waals surface area contributed by atoms with Crippen LogP contribution in [0.5, 0.6) is 0 Å². The van der Waals surface area contributed by atoms with Crippen molar-refractivity contribution in [1.82, 2.24) is 9.97 Å². The van der Waals surface area contributed by atoms with Gasteiger partial charge in [-0.25, -0.2) is 9.97 Å². The van der Waals surface area contributed by atoms with Gasteiger partial charge >= 0.3 is 0 Å². The third kappa shape index (κ3) is 3.44. The summed E-state index contributed by atoms with van der Waals surface area (Å²) in [4.78, 5) is 9.79. The molecule has 2 aromatic rings. The third-order valence-corrected chi connectivity index (χ3v) is 4.35. The molecule has 106 valence electrons. The van der Waals surface area contributed by atoms with Gasteiger partial charge in [-0.15, -0.1) is 0 Å². The van der Waals surface area contributed by atoms with Crippen LogP contribution in [-0.2, 0) is 0 Å². The van der Waals surface area contributed by atoms with Crippen LogP contribution in [-0.4, -0.2) is 16.5 Å². The van der Waals surface area contributed by atoms with Gasteiger partial charge in [-0.3, -0.25) is 0 Å². The lowest BCUT2D eigenvalue weighted by atomic mass is 10.1. The number of anilines is 1. The molecular formula is C15H18ClN3S. The van der Waals surface area contributed by atoms with E-state index in [1.807, 2.05) is 24.3 Å². The average molecular weight is 308 g/mol. The molecule has 2 rings (SSSR count). The van der Waals surface area contributed by atoms with Gasteiger partial charge in [0, 0.05) is 17.0 Å². The SMILES string of the molecule is CCNc1ncnc(Sc2ccccc2Cl)c1C(C)C. The maximum Gasteiger partial charge on any atom is 0.133 e. The Hall–Kier alpha value is -1.26. The highest BCUT2D eigenvalue weighted by atomic mass is 35.5. The number of benzene rings is 1. The van der Waals surface area contributed by atoms with E-state index >= 15 is 0 Å². The Labute approximate surface area is 129 Å². The molecule has 0 atom stereocenters. The van der Waals surface area contributed by atoms with Crippen LogP contribution in [0.15, 0.2) is 40.5 Å². The van der Waals surface area contributed by atoms with Gasteiger partial charge in [0.25, 0.3) is 0 Å². The molecule has 0 aliphatic heterocycles. The molecule has 0 bridgehead atoms. The minimum absolute atomic E-state index is 0.343. The molecule has 0 aliphatic carbocycles. The Balaban J connectivity index is 2.41. The summed E-state index contributed by atoms with van der Waals surface area (Å²) in [7, 11) is 0. The fourth-order valence-corrected chi connectivity index (χ4v) is 3.24. The summed E-state index contributed by atoms with van der Waals surface area (Å²) < 4.78 is 0. The van der Waals surface area contributed by atoms with E-state index in [2.05, 4.69) is 36.1 Å². The van der Waals surface area contributed by atoms with Gasteiger partial charge in [0.2, 0.25) is 0 Å². The summed E-state index contributed by atoms with van der Waals surface area (Å²) >= 11 is 7.81. The largest absolute Gasteiger partial charge is 0.370 e. The Kier molecular flexibility index (Phi) is 5.26. The summed E-state index contributed by atoms with van der Waals surface area (Å²) in [5, 5.41) is 5.00. The van der Waals surface area contributed by atoms with E-state index in [0.717, 1.165) is 32.9 Å². The molecule has 20 heavy (non-hydrogen) atoms. The van der Waals surface area contributed by atoms with E-state index in [1.165, 1.54) is 0 Å². The van der Waals surface area contributed by atoms with Crippen molar-refractivity contribution in [2.24, 2.45) is 0 Å². The summed E-state index contributed by atoms with van der Waals surface area (Å²) in [6.07, 6.45) is 1.60. The molecule has 0 unspecified atom stereocenters. The molecule has 0 fully saturated rings. The van der Waals surface area contributed by atoms with Crippen LogP contribution in [0.25, 0.3) is 0 Å².